The first-order chi connectivity index (χ1) is 21.1. The zero-order chi connectivity index (χ0) is 31.4. The molecule has 3 aromatic carbocycles. The van der Waals surface area contributed by atoms with Crippen LogP contribution in [-0.4, -0.2) is 64.7 Å². The van der Waals surface area contributed by atoms with E-state index < -0.39 is 16.1 Å². The van der Waals surface area contributed by atoms with Crippen LogP contribution < -0.4 is 0 Å². The Bertz CT molecular complexity index is 1510. The standard InChI is InChI=1S/C34H39Cl2N3O4S/c1-37(34(40)30-21-27(39(41)42)19-25-7-3-4-8-28(25)30)22-26(24-11-12-31(35)32(36)20-24)15-18-38-16-13-23(14-17-38)29-9-5-6-10-33(29)44(2)43/h5-6,9-12,19-21,23,26H,3-4,7-8,13-18,22H2,1-2H3/t26-,44?/m1/s1. The minimum Gasteiger partial charge on any atom is -0.612 e. The predicted octanol–water partition coefficient (Wildman–Crippen LogP) is 7.64. The second-order valence-electron chi connectivity index (χ2n) is 12.0. The third-order valence-corrected chi connectivity index (χ3v) is 10.9. The molecule has 2 atom stereocenters. The lowest BCUT2D eigenvalue weighted by molar-refractivity contribution is -0.385. The maximum absolute atomic E-state index is 13.9. The van der Waals surface area contributed by atoms with Gasteiger partial charge in [-0.15, -0.1) is 0 Å². The van der Waals surface area contributed by atoms with E-state index in [1.54, 1.807) is 30.3 Å². The summed E-state index contributed by atoms with van der Waals surface area (Å²) in [5.41, 5.74) is 4.49. The molecule has 1 aliphatic heterocycles. The smallest absolute Gasteiger partial charge is 0.270 e. The molecule has 0 saturated carbocycles. The summed E-state index contributed by atoms with van der Waals surface area (Å²) in [5, 5.41) is 12.6. The quantitative estimate of drug-likeness (QED) is 0.127. The summed E-state index contributed by atoms with van der Waals surface area (Å²) in [4.78, 5) is 30.2. The molecule has 234 valence electrons. The molecule has 1 unspecified atom stereocenters. The van der Waals surface area contributed by atoms with Crippen molar-refractivity contribution >= 4 is 46.0 Å². The van der Waals surface area contributed by atoms with E-state index in [4.69, 9.17) is 23.2 Å². The van der Waals surface area contributed by atoms with E-state index in [-0.39, 0.29) is 17.5 Å². The van der Waals surface area contributed by atoms with Gasteiger partial charge in [0, 0.05) is 42.8 Å². The van der Waals surface area contributed by atoms with Crippen molar-refractivity contribution < 1.29 is 14.3 Å². The molecule has 0 spiro atoms. The number of hydrogen-bond donors (Lipinski definition) is 0. The van der Waals surface area contributed by atoms with Gasteiger partial charge in [-0.25, -0.2) is 0 Å². The van der Waals surface area contributed by atoms with Gasteiger partial charge in [-0.05, 0) is 117 Å². The molecule has 5 rings (SSSR count). The second-order valence-corrected chi connectivity index (χ2v) is 14.2. The molecule has 0 radical (unpaired) electrons. The summed E-state index contributed by atoms with van der Waals surface area (Å²) in [7, 11) is 1.78. The van der Waals surface area contributed by atoms with Crippen LogP contribution in [0.15, 0.2) is 59.5 Å². The summed E-state index contributed by atoms with van der Waals surface area (Å²) in [5.74, 6) is 0.195. The first-order valence-electron chi connectivity index (χ1n) is 15.3. The van der Waals surface area contributed by atoms with Crippen LogP contribution in [0.3, 0.4) is 0 Å². The van der Waals surface area contributed by atoms with Crippen molar-refractivity contribution in [1.29, 1.82) is 0 Å². The van der Waals surface area contributed by atoms with Crippen LogP contribution >= 0.6 is 23.2 Å². The number of piperidine rings is 1. The van der Waals surface area contributed by atoms with Crippen LogP contribution in [0.5, 0.6) is 0 Å². The van der Waals surface area contributed by atoms with Gasteiger partial charge in [0.1, 0.15) is 6.26 Å². The molecule has 44 heavy (non-hydrogen) atoms. The second kappa shape index (κ2) is 14.6. The van der Waals surface area contributed by atoms with Crippen molar-refractivity contribution in [1.82, 2.24) is 9.80 Å². The topological polar surface area (TPSA) is 89.8 Å². The lowest BCUT2D eigenvalue weighted by Gasteiger charge is -2.34. The number of likely N-dealkylation sites (tertiary alicyclic amines) is 1. The number of nitro benzene ring substituents is 1. The van der Waals surface area contributed by atoms with Crippen molar-refractivity contribution in [3.63, 3.8) is 0 Å². The minimum atomic E-state index is -1.01. The molecular formula is C34H39Cl2N3O4S. The lowest BCUT2D eigenvalue weighted by Crippen LogP contribution is -2.36. The molecule has 0 N–H and O–H groups in total. The van der Waals surface area contributed by atoms with Gasteiger partial charge in [-0.3, -0.25) is 14.9 Å². The number of benzene rings is 3. The molecule has 1 heterocycles. The van der Waals surface area contributed by atoms with Crippen molar-refractivity contribution in [3.05, 3.63) is 103 Å². The zero-order valence-corrected chi connectivity index (χ0v) is 27.6. The van der Waals surface area contributed by atoms with Crippen molar-refractivity contribution in [2.24, 2.45) is 0 Å². The molecule has 1 aliphatic carbocycles. The third kappa shape index (κ3) is 7.60. The molecule has 7 nitrogen and oxygen atoms in total. The number of hydrogen-bond acceptors (Lipinski definition) is 5. The Morgan fingerprint density at radius 3 is 2.50 bits per heavy atom. The molecule has 2 aliphatic rings. The molecule has 3 aromatic rings. The lowest BCUT2D eigenvalue weighted by atomic mass is 9.87. The molecular weight excluding hydrogens is 617 g/mol. The van der Waals surface area contributed by atoms with Gasteiger partial charge in [0.25, 0.3) is 11.6 Å². The zero-order valence-electron chi connectivity index (χ0n) is 25.3. The number of non-ortho nitro benzene ring substituents is 1. The number of aryl methyl sites for hydroxylation is 1. The maximum atomic E-state index is 13.9. The Morgan fingerprint density at radius 1 is 1.07 bits per heavy atom. The van der Waals surface area contributed by atoms with Crippen LogP contribution in [0.25, 0.3) is 0 Å². The highest BCUT2D eigenvalue weighted by Crippen LogP contribution is 2.35. The average Bonchev–Trinajstić information content (AvgIpc) is 3.03. The van der Waals surface area contributed by atoms with Crippen LogP contribution in [0, 0.1) is 10.1 Å². The SMILES string of the molecule is CN(C[C@@H](CCN1CCC(c2ccccc2[S+](C)[O-])CC1)c1ccc(Cl)c(Cl)c1)C(=O)c1cc([N+](=O)[O-])cc2c1CCCC2. The summed E-state index contributed by atoms with van der Waals surface area (Å²) in [6.45, 7) is 3.18. The Hall–Kier alpha value is -2.62. The highest BCUT2D eigenvalue weighted by molar-refractivity contribution is 7.90. The van der Waals surface area contributed by atoms with Crippen LogP contribution in [-0.2, 0) is 24.0 Å². The largest absolute Gasteiger partial charge is 0.612 e. The van der Waals surface area contributed by atoms with Gasteiger partial charge < -0.3 is 14.4 Å². The molecule has 1 fully saturated rings. The summed E-state index contributed by atoms with van der Waals surface area (Å²) >= 11 is 11.7. The van der Waals surface area contributed by atoms with Crippen molar-refractivity contribution in [2.75, 3.05) is 39.5 Å². The first kappa shape index (κ1) is 32.8. The number of amides is 1. The monoisotopic (exact) mass is 655 g/mol. The number of nitro groups is 1. The Kier molecular flexibility index (Phi) is 10.9. The van der Waals surface area contributed by atoms with Crippen LogP contribution in [0.4, 0.5) is 5.69 Å². The van der Waals surface area contributed by atoms with Crippen molar-refractivity contribution in [3.8, 4) is 0 Å². The molecule has 1 amide bonds. The van der Waals surface area contributed by atoms with Crippen LogP contribution in [0.1, 0.15) is 76.6 Å². The number of rotatable bonds is 10. The van der Waals surface area contributed by atoms with Crippen molar-refractivity contribution in [2.45, 2.75) is 61.7 Å². The fraction of sp³-hybridized carbons (Fsp3) is 0.441. The molecule has 10 heteroatoms. The number of carbonyl (C=O) groups excluding carboxylic acids is 1. The van der Waals surface area contributed by atoms with E-state index >= 15 is 0 Å². The van der Waals surface area contributed by atoms with Gasteiger partial charge in [0.05, 0.1) is 15.0 Å². The van der Waals surface area contributed by atoms with Gasteiger partial charge in [-0.2, -0.15) is 0 Å². The third-order valence-electron chi connectivity index (χ3n) is 9.20. The highest BCUT2D eigenvalue weighted by atomic mass is 35.5. The van der Waals surface area contributed by atoms with E-state index in [1.807, 2.05) is 30.3 Å². The first-order valence-corrected chi connectivity index (χ1v) is 17.6. The number of nitrogens with zero attached hydrogens (tertiary/aromatic N) is 3. The normalized spacial score (nSPS) is 17.1. The van der Waals surface area contributed by atoms with Gasteiger partial charge in [0.15, 0.2) is 4.90 Å². The Balaban J connectivity index is 1.30. The number of carbonyl (C=O) groups is 1. The van der Waals surface area contributed by atoms with E-state index in [0.29, 0.717) is 28.1 Å². The summed E-state index contributed by atoms with van der Waals surface area (Å²) in [6, 6.07) is 16.8. The Labute approximate surface area is 272 Å². The average molecular weight is 657 g/mol. The Morgan fingerprint density at radius 2 is 1.80 bits per heavy atom. The fourth-order valence-electron chi connectivity index (χ4n) is 6.78. The molecule has 1 saturated heterocycles. The minimum absolute atomic E-state index is 0.00537. The summed E-state index contributed by atoms with van der Waals surface area (Å²) < 4.78 is 12.3. The highest BCUT2D eigenvalue weighted by Gasteiger charge is 2.28. The number of halogens is 2. The molecule has 0 bridgehead atoms. The van der Waals surface area contributed by atoms with E-state index in [9.17, 15) is 19.5 Å². The fourth-order valence-corrected chi connectivity index (χ4v) is 7.92. The van der Waals surface area contributed by atoms with E-state index in [1.165, 1.54) is 11.6 Å². The van der Waals surface area contributed by atoms with E-state index in [0.717, 1.165) is 86.2 Å². The number of likely N-dealkylation sites (N-methyl/N-ethyl adjacent to an activating group) is 1. The van der Waals surface area contributed by atoms with Gasteiger partial charge in [-0.1, -0.05) is 47.5 Å². The predicted molar refractivity (Wildman–Crippen MR) is 178 cm³/mol. The maximum Gasteiger partial charge on any atom is 0.270 e. The van der Waals surface area contributed by atoms with Gasteiger partial charge in [0.2, 0.25) is 0 Å². The summed E-state index contributed by atoms with van der Waals surface area (Å²) in [6.07, 6.45) is 8.01. The van der Waals surface area contributed by atoms with Crippen LogP contribution in [0.2, 0.25) is 10.0 Å². The number of fused-ring (bicyclic) bond motifs is 1. The molecule has 0 aromatic heterocycles. The van der Waals surface area contributed by atoms with Gasteiger partial charge >= 0.3 is 0 Å². The van der Waals surface area contributed by atoms with E-state index in [2.05, 4.69) is 11.0 Å².